The first-order valence-corrected chi connectivity index (χ1v) is 7.25. The molecule has 110 valence electrons. The van der Waals surface area contributed by atoms with Crippen molar-refractivity contribution in [2.24, 2.45) is 0 Å². The summed E-state index contributed by atoms with van der Waals surface area (Å²) in [6, 6.07) is 13.2. The van der Waals surface area contributed by atoms with E-state index < -0.39 is 5.97 Å². The lowest BCUT2D eigenvalue weighted by molar-refractivity contribution is -0.136. The van der Waals surface area contributed by atoms with Crippen LogP contribution in [0.4, 0.5) is 5.69 Å². The Labute approximate surface area is 131 Å². The van der Waals surface area contributed by atoms with E-state index in [0.717, 1.165) is 27.0 Å². The van der Waals surface area contributed by atoms with Crippen LogP contribution in [0.2, 0.25) is 0 Å². The molecule has 2 N–H and O–H groups in total. The first-order valence-electron chi connectivity index (χ1n) is 6.45. The average molecular weight is 350 g/mol. The molecule has 0 heterocycles. The second-order valence-electron chi connectivity index (χ2n) is 4.57. The van der Waals surface area contributed by atoms with Crippen LogP contribution >= 0.6 is 15.9 Å². The normalized spacial score (nSPS) is 10.2. The molecule has 2 rings (SSSR count). The number of halogens is 1. The van der Waals surface area contributed by atoms with Crippen molar-refractivity contribution < 1.29 is 14.6 Å². The zero-order chi connectivity index (χ0) is 15.2. The van der Waals surface area contributed by atoms with Gasteiger partial charge in [-0.15, -0.1) is 0 Å². The molecule has 2 aromatic carbocycles. The maximum Gasteiger partial charge on any atom is 0.307 e. The molecule has 0 spiro atoms. The summed E-state index contributed by atoms with van der Waals surface area (Å²) in [6.07, 6.45) is 0.0274. The molecule has 0 aliphatic carbocycles. The van der Waals surface area contributed by atoms with E-state index in [1.165, 1.54) is 0 Å². The minimum atomic E-state index is -0.827. The fraction of sp³-hybridized carbons (Fsp3) is 0.188. The van der Waals surface area contributed by atoms with Gasteiger partial charge in [0.15, 0.2) is 0 Å². The Morgan fingerprint density at radius 3 is 2.62 bits per heavy atom. The molecule has 0 radical (unpaired) electrons. The van der Waals surface area contributed by atoms with E-state index in [9.17, 15) is 4.79 Å². The molecule has 0 aliphatic rings. The predicted octanol–water partition coefficient (Wildman–Crippen LogP) is 3.70. The largest absolute Gasteiger partial charge is 0.497 e. The molecule has 0 fully saturated rings. The lowest BCUT2D eigenvalue weighted by Gasteiger charge is -2.12. The Morgan fingerprint density at radius 2 is 1.95 bits per heavy atom. The van der Waals surface area contributed by atoms with Crippen LogP contribution in [-0.4, -0.2) is 18.2 Å². The number of nitrogens with one attached hydrogen (secondary N) is 1. The number of carboxylic acids is 1. The van der Waals surface area contributed by atoms with E-state index in [2.05, 4.69) is 21.2 Å². The summed E-state index contributed by atoms with van der Waals surface area (Å²) in [5.74, 6) is -0.0720. The molecule has 21 heavy (non-hydrogen) atoms. The van der Waals surface area contributed by atoms with Gasteiger partial charge in [-0.2, -0.15) is 0 Å². The molecule has 0 saturated carbocycles. The van der Waals surface area contributed by atoms with E-state index in [4.69, 9.17) is 9.84 Å². The highest BCUT2D eigenvalue weighted by molar-refractivity contribution is 9.10. The van der Waals surface area contributed by atoms with E-state index in [-0.39, 0.29) is 6.42 Å². The molecular formula is C16H16BrNO3. The number of carbonyl (C=O) groups is 1. The summed E-state index contributed by atoms with van der Waals surface area (Å²) in [5, 5.41) is 12.2. The quantitative estimate of drug-likeness (QED) is 0.834. The molecule has 0 aliphatic heterocycles. The van der Waals surface area contributed by atoms with Crippen LogP contribution in [0.5, 0.6) is 5.75 Å². The third kappa shape index (κ3) is 4.49. The van der Waals surface area contributed by atoms with Crippen molar-refractivity contribution in [3.63, 3.8) is 0 Å². The van der Waals surface area contributed by atoms with Gasteiger partial charge in [0.05, 0.1) is 13.5 Å². The number of methoxy groups -OCH3 is 1. The van der Waals surface area contributed by atoms with Crippen LogP contribution in [0.3, 0.4) is 0 Å². The maximum atomic E-state index is 10.9. The smallest absolute Gasteiger partial charge is 0.307 e. The van der Waals surface area contributed by atoms with Crippen LogP contribution in [0, 0.1) is 0 Å². The van der Waals surface area contributed by atoms with E-state index in [1.54, 1.807) is 7.11 Å². The van der Waals surface area contributed by atoms with Gasteiger partial charge < -0.3 is 15.2 Å². The number of hydrogen-bond acceptors (Lipinski definition) is 3. The van der Waals surface area contributed by atoms with Gasteiger partial charge in [-0.3, -0.25) is 4.79 Å². The van der Waals surface area contributed by atoms with Gasteiger partial charge >= 0.3 is 5.97 Å². The standard InChI is InChI=1S/C16H16BrNO3/c1-21-15-8-13(17)7-14(9-15)18-10-12-5-3-2-4-11(12)6-16(19)20/h2-5,7-9,18H,6,10H2,1H3,(H,19,20). The summed E-state index contributed by atoms with van der Waals surface area (Å²) < 4.78 is 6.14. The van der Waals surface area contributed by atoms with Crippen molar-refractivity contribution in [3.05, 3.63) is 58.1 Å². The molecule has 0 unspecified atom stereocenters. The molecular weight excluding hydrogens is 334 g/mol. The highest BCUT2D eigenvalue weighted by Crippen LogP contribution is 2.25. The molecule has 4 nitrogen and oxygen atoms in total. The third-order valence-corrected chi connectivity index (χ3v) is 3.51. The molecule has 0 saturated heterocycles. The Hall–Kier alpha value is -2.01. The van der Waals surface area contributed by atoms with Gasteiger partial charge in [-0.05, 0) is 23.3 Å². The van der Waals surface area contributed by atoms with Crippen molar-refractivity contribution in [1.82, 2.24) is 0 Å². The number of aliphatic carboxylic acids is 1. The second kappa shape index (κ2) is 7.13. The van der Waals surface area contributed by atoms with Gasteiger partial charge in [0.2, 0.25) is 0 Å². The Balaban J connectivity index is 2.13. The van der Waals surface area contributed by atoms with Gasteiger partial charge in [-0.25, -0.2) is 0 Å². The van der Waals surface area contributed by atoms with Crippen molar-refractivity contribution >= 4 is 27.6 Å². The van der Waals surface area contributed by atoms with Crippen molar-refractivity contribution in [2.45, 2.75) is 13.0 Å². The maximum absolute atomic E-state index is 10.9. The van der Waals surface area contributed by atoms with Crippen molar-refractivity contribution in [2.75, 3.05) is 12.4 Å². The second-order valence-corrected chi connectivity index (χ2v) is 5.49. The van der Waals surface area contributed by atoms with Gasteiger partial charge in [-0.1, -0.05) is 40.2 Å². The van der Waals surface area contributed by atoms with Crippen molar-refractivity contribution in [3.8, 4) is 5.75 Å². The van der Waals surface area contributed by atoms with Crippen LogP contribution in [0.15, 0.2) is 46.9 Å². The molecule has 0 atom stereocenters. The summed E-state index contributed by atoms with van der Waals surface area (Å²) in [4.78, 5) is 10.9. The van der Waals surface area contributed by atoms with E-state index >= 15 is 0 Å². The fourth-order valence-electron chi connectivity index (χ4n) is 2.05. The number of benzene rings is 2. The topological polar surface area (TPSA) is 58.6 Å². The Bertz CT molecular complexity index is 643. The molecule has 5 heteroatoms. The number of anilines is 1. The molecule has 0 amide bonds. The Kier molecular flexibility index (Phi) is 5.22. The lowest BCUT2D eigenvalue weighted by Crippen LogP contribution is -2.07. The SMILES string of the molecule is COc1cc(Br)cc(NCc2ccccc2CC(=O)O)c1. The first-order chi connectivity index (χ1) is 10.1. The average Bonchev–Trinajstić information content (AvgIpc) is 2.45. The summed E-state index contributed by atoms with van der Waals surface area (Å²) in [5.41, 5.74) is 2.70. The molecule has 0 bridgehead atoms. The minimum Gasteiger partial charge on any atom is -0.497 e. The molecule has 0 aromatic heterocycles. The summed E-state index contributed by atoms with van der Waals surface area (Å²) in [7, 11) is 1.62. The van der Waals surface area contributed by atoms with Crippen LogP contribution in [0.1, 0.15) is 11.1 Å². The summed E-state index contributed by atoms with van der Waals surface area (Å²) in [6.45, 7) is 0.559. The number of ether oxygens (including phenoxy) is 1. The minimum absolute atomic E-state index is 0.0274. The fourth-order valence-corrected chi connectivity index (χ4v) is 2.52. The Morgan fingerprint density at radius 1 is 1.24 bits per heavy atom. The highest BCUT2D eigenvalue weighted by Gasteiger charge is 2.06. The van der Waals surface area contributed by atoms with Crippen LogP contribution in [-0.2, 0) is 17.8 Å². The van der Waals surface area contributed by atoms with Gasteiger partial charge in [0, 0.05) is 22.8 Å². The zero-order valence-electron chi connectivity index (χ0n) is 11.6. The predicted molar refractivity (Wildman–Crippen MR) is 85.8 cm³/mol. The van der Waals surface area contributed by atoms with E-state index in [0.29, 0.717) is 6.54 Å². The number of rotatable bonds is 6. The molecule has 2 aromatic rings. The van der Waals surface area contributed by atoms with Crippen molar-refractivity contribution in [1.29, 1.82) is 0 Å². The monoisotopic (exact) mass is 349 g/mol. The third-order valence-electron chi connectivity index (χ3n) is 3.05. The van der Waals surface area contributed by atoms with E-state index in [1.807, 2.05) is 42.5 Å². The summed E-state index contributed by atoms with van der Waals surface area (Å²) >= 11 is 3.43. The lowest BCUT2D eigenvalue weighted by atomic mass is 10.0. The number of carboxylic acid groups (broad SMARTS) is 1. The van der Waals surface area contributed by atoms with Crippen LogP contribution < -0.4 is 10.1 Å². The zero-order valence-corrected chi connectivity index (χ0v) is 13.2. The van der Waals surface area contributed by atoms with Crippen LogP contribution in [0.25, 0.3) is 0 Å². The number of hydrogen-bond donors (Lipinski definition) is 2. The first kappa shape index (κ1) is 15.4. The van der Waals surface area contributed by atoms with Gasteiger partial charge in [0.25, 0.3) is 0 Å². The highest BCUT2D eigenvalue weighted by atomic mass is 79.9. The van der Waals surface area contributed by atoms with Gasteiger partial charge in [0.1, 0.15) is 5.75 Å².